The summed E-state index contributed by atoms with van der Waals surface area (Å²) >= 11 is 0. The van der Waals surface area contributed by atoms with Crippen molar-refractivity contribution in [1.82, 2.24) is 10.3 Å². The highest BCUT2D eigenvalue weighted by Gasteiger charge is 2.36. The maximum absolute atomic E-state index is 13.1. The maximum Gasteiger partial charge on any atom is 0.274 e. The van der Waals surface area contributed by atoms with Gasteiger partial charge in [-0.05, 0) is 25.0 Å². The Morgan fingerprint density at radius 1 is 1.21 bits per heavy atom. The molecule has 1 aromatic carbocycles. The molecule has 148 valence electrons. The van der Waals surface area contributed by atoms with Gasteiger partial charge in [0.25, 0.3) is 5.91 Å². The molecule has 0 bridgehead atoms. The van der Waals surface area contributed by atoms with E-state index in [4.69, 9.17) is 9.47 Å². The van der Waals surface area contributed by atoms with Gasteiger partial charge in [0, 0.05) is 45.0 Å². The van der Waals surface area contributed by atoms with E-state index < -0.39 is 6.10 Å². The van der Waals surface area contributed by atoms with Crippen LogP contribution in [0.3, 0.4) is 0 Å². The summed E-state index contributed by atoms with van der Waals surface area (Å²) in [6.07, 6.45) is 2.59. The Bertz CT molecular complexity index is 797. The molecule has 0 saturated carbocycles. The van der Waals surface area contributed by atoms with Crippen LogP contribution in [-0.4, -0.2) is 43.6 Å². The zero-order valence-electron chi connectivity index (χ0n) is 16.0. The van der Waals surface area contributed by atoms with Gasteiger partial charge in [0.15, 0.2) is 11.6 Å². The Kier molecular flexibility index (Phi) is 6.97. The highest BCUT2D eigenvalue weighted by Crippen LogP contribution is 2.37. The SMILES string of the molecule is COCCCNC(=O)CCCN1C(=O)C(c2ccccc2)Oc2cccnc21. The van der Waals surface area contributed by atoms with Gasteiger partial charge < -0.3 is 14.8 Å². The third kappa shape index (κ3) is 4.86. The van der Waals surface area contributed by atoms with Gasteiger partial charge in [0.2, 0.25) is 12.0 Å². The van der Waals surface area contributed by atoms with Crippen LogP contribution in [0.4, 0.5) is 5.82 Å². The minimum atomic E-state index is -0.708. The summed E-state index contributed by atoms with van der Waals surface area (Å²) in [5.74, 6) is 0.871. The molecular formula is C21H25N3O4. The molecule has 7 nitrogen and oxygen atoms in total. The van der Waals surface area contributed by atoms with Crippen LogP contribution in [0.2, 0.25) is 0 Å². The molecule has 0 radical (unpaired) electrons. The smallest absolute Gasteiger partial charge is 0.274 e. The third-order valence-corrected chi connectivity index (χ3v) is 4.48. The van der Waals surface area contributed by atoms with E-state index in [-0.39, 0.29) is 11.8 Å². The van der Waals surface area contributed by atoms with Gasteiger partial charge in [-0.25, -0.2) is 4.98 Å². The van der Waals surface area contributed by atoms with Crippen LogP contribution < -0.4 is 15.0 Å². The number of amides is 2. The van der Waals surface area contributed by atoms with Gasteiger partial charge in [-0.2, -0.15) is 0 Å². The lowest BCUT2D eigenvalue weighted by Gasteiger charge is -2.33. The first kappa shape index (κ1) is 19.8. The fourth-order valence-electron chi connectivity index (χ4n) is 3.09. The Hall–Kier alpha value is -2.93. The molecule has 1 aromatic heterocycles. The molecule has 28 heavy (non-hydrogen) atoms. The number of benzene rings is 1. The molecule has 1 atom stereocenters. The van der Waals surface area contributed by atoms with Crippen molar-refractivity contribution in [2.24, 2.45) is 0 Å². The van der Waals surface area contributed by atoms with E-state index in [1.807, 2.05) is 30.3 Å². The summed E-state index contributed by atoms with van der Waals surface area (Å²) in [5.41, 5.74) is 0.794. The number of ether oxygens (including phenoxy) is 2. The van der Waals surface area contributed by atoms with Crippen molar-refractivity contribution in [2.45, 2.75) is 25.4 Å². The molecule has 1 aliphatic rings. The van der Waals surface area contributed by atoms with E-state index in [0.29, 0.717) is 44.1 Å². The topological polar surface area (TPSA) is 80.8 Å². The van der Waals surface area contributed by atoms with Gasteiger partial charge >= 0.3 is 0 Å². The zero-order valence-corrected chi connectivity index (χ0v) is 16.0. The Balaban J connectivity index is 1.64. The fourth-order valence-corrected chi connectivity index (χ4v) is 3.09. The molecule has 2 heterocycles. The first-order valence-corrected chi connectivity index (χ1v) is 9.44. The first-order chi connectivity index (χ1) is 13.7. The quantitative estimate of drug-likeness (QED) is 0.673. The number of pyridine rings is 1. The molecule has 3 rings (SSSR count). The lowest BCUT2D eigenvalue weighted by Crippen LogP contribution is -2.42. The van der Waals surface area contributed by atoms with Crippen molar-refractivity contribution in [3.8, 4) is 5.75 Å². The van der Waals surface area contributed by atoms with Crippen LogP contribution in [0.1, 0.15) is 30.9 Å². The number of nitrogens with zero attached hydrogens (tertiary/aromatic N) is 2. The summed E-state index contributed by atoms with van der Waals surface area (Å²) in [5, 5.41) is 2.86. The second kappa shape index (κ2) is 9.85. The molecule has 0 fully saturated rings. The highest BCUT2D eigenvalue weighted by atomic mass is 16.5. The molecule has 2 amide bonds. The molecule has 0 aliphatic carbocycles. The van der Waals surface area contributed by atoms with E-state index >= 15 is 0 Å². The zero-order chi connectivity index (χ0) is 19.8. The molecule has 0 saturated heterocycles. The Morgan fingerprint density at radius 3 is 2.82 bits per heavy atom. The van der Waals surface area contributed by atoms with E-state index in [9.17, 15) is 9.59 Å². The number of anilines is 1. The van der Waals surface area contributed by atoms with Gasteiger partial charge in [0.1, 0.15) is 0 Å². The highest BCUT2D eigenvalue weighted by molar-refractivity contribution is 5.99. The predicted octanol–water partition coefficient (Wildman–Crippen LogP) is 2.48. The summed E-state index contributed by atoms with van der Waals surface area (Å²) < 4.78 is 10.9. The van der Waals surface area contributed by atoms with Gasteiger partial charge in [-0.3, -0.25) is 14.5 Å². The number of hydrogen-bond donors (Lipinski definition) is 1. The predicted molar refractivity (Wildman–Crippen MR) is 105 cm³/mol. The van der Waals surface area contributed by atoms with Crippen molar-refractivity contribution in [3.05, 3.63) is 54.2 Å². The monoisotopic (exact) mass is 383 g/mol. The standard InChI is InChI=1S/C21H25N3O4/c1-27-15-7-13-22-18(25)11-6-14-24-20-17(10-5-12-23-20)28-19(21(24)26)16-8-3-2-4-9-16/h2-5,8-10,12,19H,6-7,11,13-15H2,1H3,(H,22,25). The fraction of sp³-hybridized carbons (Fsp3) is 0.381. The average molecular weight is 383 g/mol. The number of aromatic nitrogens is 1. The lowest BCUT2D eigenvalue weighted by atomic mass is 10.1. The number of carbonyl (C=O) groups excluding carboxylic acids is 2. The number of carbonyl (C=O) groups is 2. The molecule has 7 heteroatoms. The lowest BCUT2D eigenvalue weighted by molar-refractivity contribution is -0.127. The number of rotatable bonds is 9. The second-order valence-corrected chi connectivity index (χ2v) is 6.52. The Morgan fingerprint density at radius 2 is 2.04 bits per heavy atom. The van der Waals surface area contributed by atoms with Crippen LogP contribution >= 0.6 is 0 Å². The second-order valence-electron chi connectivity index (χ2n) is 6.52. The largest absolute Gasteiger partial charge is 0.472 e. The molecule has 1 aliphatic heterocycles. The normalized spacial score (nSPS) is 15.7. The average Bonchev–Trinajstić information content (AvgIpc) is 2.73. The van der Waals surface area contributed by atoms with Crippen LogP contribution in [0, 0.1) is 0 Å². The molecule has 1 unspecified atom stereocenters. The van der Waals surface area contributed by atoms with Crippen molar-refractivity contribution in [3.63, 3.8) is 0 Å². The first-order valence-electron chi connectivity index (χ1n) is 9.44. The third-order valence-electron chi connectivity index (χ3n) is 4.48. The van der Waals surface area contributed by atoms with Gasteiger partial charge in [0.05, 0.1) is 0 Å². The Labute approximate surface area is 164 Å². The van der Waals surface area contributed by atoms with Crippen LogP contribution in [-0.2, 0) is 14.3 Å². The molecule has 0 spiro atoms. The summed E-state index contributed by atoms with van der Waals surface area (Å²) in [6.45, 7) is 1.61. The molecular weight excluding hydrogens is 358 g/mol. The van der Waals surface area contributed by atoms with Crippen LogP contribution in [0.5, 0.6) is 5.75 Å². The number of nitrogens with one attached hydrogen (secondary N) is 1. The molecule has 1 N–H and O–H groups in total. The van der Waals surface area contributed by atoms with Crippen LogP contribution in [0.25, 0.3) is 0 Å². The van der Waals surface area contributed by atoms with Crippen molar-refractivity contribution >= 4 is 17.6 Å². The van der Waals surface area contributed by atoms with E-state index in [0.717, 1.165) is 12.0 Å². The minimum Gasteiger partial charge on any atom is -0.472 e. The minimum absolute atomic E-state index is 0.0299. The summed E-state index contributed by atoms with van der Waals surface area (Å²) in [4.78, 5) is 31.0. The van der Waals surface area contributed by atoms with Crippen molar-refractivity contribution in [1.29, 1.82) is 0 Å². The number of methoxy groups -OCH3 is 1. The van der Waals surface area contributed by atoms with E-state index in [1.165, 1.54) is 0 Å². The van der Waals surface area contributed by atoms with Crippen LogP contribution in [0.15, 0.2) is 48.7 Å². The van der Waals surface area contributed by atoms with Gasteiger partial charge in [-0.1, -0.05) is 30.3 Å². The van der Waals surface area contributed by atoms with Gasteiger partial charge in [-0.15, -0.1) is 0 Å². The van der Waals surface area contributed by atoms with E-state index in [2.05, 4.69) is 10.3 Å². The number of hydrogen-bond acceptors (Lipinski definition) is 5. The summed E-state index contributed by atoms with van der Waals surface area (Å²) in [6, 6.07) is 13.0. The number of fused-ring (bicyclic) bond motifs is 1. The molecule has 2 aromatic rings. The van der Waals surface area contributed by atoms with Crippen molar-refractivity contribution in [2.75, 3.05) is 31.7 Å². The maximum atomic E-state index is 13.1. The van der Waals surface area contributed by atoms with E-state index in [1.54, 1.807) is 30.3 Å². The van der Waals surface area contributed by atoms with Crippen molar-refractivity contribution < 1.29 is 19.1 Å². The summed E-state index contributed by atoms with van der Waals surface area (Å²) in [7, 11) is 1.63.